The van der Waals surface area contributed by atoms with E-state index in [0.29, 0.717) is 0 Å². The molecular formula is C88H158N2Ni. The van der Waals surface area contributed by atoms with Crippen LogP contribution in [0.4, 0.5) is 0 Å². The van der Waals surface area contributed by atoms with Crippen LogP contribution in [0.5, 0.6) is 0 Å². The topological polar surface area (TPSA) is 25.3 Å². The molecule has 0 saturated heterocycles. The number of benzene rings is 2. The van der Waals surface area contributed by atoms with Crippen LogP contribution in [0.15, 0.2) is 48.0 Å². The van der Waals surface area contributed by atoms with E-state index in [2.05, 4.69) is 90.9 Å². The second-order valence-electron chi connectivity index (χ2n) is 29.0. The molecule has 0 amide bonds. The van der Waals surface area contributed by atoms with E-state index in [1.54, 1.807) is 4.70 Å². The summed E-state index contributed by atoms with van der Waals surface area (Å²) in [5.41, 5.74) is 23.5. The minimum absolute atomic E-state index is 0.967. The van der Waals surface area contributed by atoms with Gasteiger partial charge in [0.25, 0.3) is 0 Å². The predicted molar refractivity (Wildman–Crippen MR) is 408 cm³/mol. The average Bonchev–Trinajstić information content (AvgIpc) is 1.73. The van der Waals surface area contributed by atoms with Gasteiger partial charge in [-0.1, -0.05) is 260 Å². The van der Waals surface area contributed by atoms with Crippen molar-refractivity contribution >= 4 is 11.4 Å². The van der Waals surface area contributed by atoms with E-state index in [4.69, 9.17) is 0 Å². The molecule has 0 atom stereocenters. The number of unbranched alkanes of at least 4 members (excludes halogenated alkanes) is 51. The van der Waals surface area contributed by atoms with Gasteiger partial charge in [-0.3, -0.25) is 0 Å². The molecule has 1 aliphatic heterocycles. The van der Waals surface area contributed by atoms with Crippen LogP contribution in [0.3, 0.4) is 0 Å². The molecule has 2 aromatic carbocycles. The Kier molecular flexibility index (Phi) is 61.1. The normalized spacial score (nSPS) is 12.5. The second kappa shape index (κ2) is 65.3. The van der Waals surface area contributed by atoms with Crippen LogP contribution < -0.4 is 0 Å². The number of rotatable bonds is 67. The van der Waals surface area contributed by atoms with Crippen LogP contribution in [0.25, 0.3) is 16.9 Å². The summed E-state index contributed by atoms with van der Waals surface area (Å²) >= 11 is 2.05. The molecule has 530 valence electrons. The number of nitrogens with zero attached hydrogens (tertiary/aromatic N) is 2. The van der Waals surface area contributed by atoms with Crippen LogP contribution in [0.2, 0.25) is 10.8 Å². The quantitative estimate of drug-likeness (QED) is 0.0358. The van der Waals surface area contributed by atoms with Crippen LogP contribution in [0.1, 0.15) is 461 Å². The van der Waals surface area contributed by atoms with Crippen molar-refractivity contribution in [2.24, 2.45) is 0 Å². The minimum atomic E-state index is 0.967. The smallest absolute Gasteiger partial charge is 0.0654 e. The van der Waals surface area contributed by atoms with Crippen LogP contribution in [-0.2, 0) is 40.1 Å². The van der Waals surface area contributed by atoms with Crippen molar-refractivity contribution in [2.75, 3.05) is 0 Å². The zero-order chi connectivity index (χ0) is 65.4. The van der Waals surface area contributed by atoms with E-state index in [0.717, 1.165) is 43.5 Å². The molecular weight excluding hydrogens is 1140 g/mol. The minimum Gasteiger partial charge on any atom is -0.0654 e. The molecule has 0 saturated carbocycles. The van der Waals surface area contributed by atoms with Crippen molar-refractivity contribution in [2.45, 2.75) is 464 Å². The van der Waals surface area contributed by atoms with E-state index in [-0.39, 0.29) is 0 Å². The van der Waals surface area contributed by atoms with Gasteiger partial charge in [-0.05, 0) is 111 Å². The Morgan fingerprint density at radius 2 is 0.451 bits per heavy atom. The average molecular weight is 1300 g/mol. The molecule has 0 spiro atoms. The van der Waals surface area contributed by atoms with Crippen molar-refractivity contribution < 1.29 is 19.1 Å². The van der Waals surface area contributed by atoms with Gasteiger partial charge in [0.1, 0.15) is 0 Å². The molecule has 91 heavy (non-hydrogen) atoms. The fraction of sp³-hybridized carbons (Fsp3) is 0.818. The molecule has 3 heteroatoms. The Morgan fingerprint density at radius 1 is 0.242 bits per heavy atom. The van der Waals surface area contributed by atoms with E-state index in [1.807, 2.05) is 14.4 Å². The molecule has 3 rings (SSSR count). The van der Waals surface area contributed by atoms with E-state index in [1.165, 1.54) is 422 Å². The first kappa shape index (κ1) is 85.1. The number of aryl methyl sites for hydroxylation is 4. The van der Waals surface area contributed by atoms with Gasteiger partial charge in [0.2, 0.25) is 11.4 Å². The third-order valence-electron chi connectivity index (χ3n) is 20.0. The van der Waals surface area contributed by atoms with Gasteiger partial charge in [0.15, 0.2) is 0 Å². The van der Waals surface area contributed by atoms with Crippen molar-refractivity contribution in [1.82, 2.24) is 0 Å². The summed E-state index contributed by atoms with van der Waals surface area (Å²) in [5.74, 6) is 0. The molecule has 2 nitrogen and oxygen atoms in total. The predicted octanol–water partition coefficient (Wildman–Crippen LogP) is 31.7. The molecule has 0 aromatic heterocycles. The zero-order valence-electron chi connectivity index (χ0n) is 62.7. The van der Waals surface area contributed by atoms with Gasteiger partial charge >= 0.3 is 166 Å². The van der Waals surface area contributed by atoms with Crippen molar-refractivity contribution in [3.8, 4) is 0 Å². The van der Waals surface area contributed by atoms with Gasteiger partial charge in [-0.2, -0.15) is 0 Å². The summed E-state index contributed by atoms with van der Waals surface area (Å²) in [6, 6.07) is 14.4. The maximum atomic E-state index is 12.1. The molecule has 0 N–H and O–H groups in total. The van der Waals surface area contributed by atoms with Crippen LogP contribution in [0, 0.1) is 0 Å². The first-order valence-electron chi connectivity index (χ1n) is 41.6. The fourth-order valence-corrected chi connectivity index (χ4v) is 15.2. The van der Waals surface area contributed by atoms with E-state index >= 15 is 0 Å². The van der Waals surface area contributed by atoms with E-state index < -0.39 is 0 Å². The summed E-state index contributed by atoms with van der Waals surface area (Å²) in [6.45, 7) is 16.1. The van der Waals surface area contributed by atoms with E-state index in [9.17, 15) is 5.53 Å². The number of hydrogen-bond donors (Lipinski definition) is 0. The summed E-state index contributed by atoms with van der Waals surface area (Å²) < 4.78 is 1.58. The molecule has 0 radical (unpaired) electrons. The van der Waals surface area contributed by atoms with Crippen molar-refractivity contribution in [3.05, 3.63) is 87.0 Å². The third kappa shape index (κ3) is 48.4. The monoisotopic (exact) mass is 1300 g/mol. The Morgan fingerprint density at radius 3 is 0.714 bits per heavy atom. The summed E-state index contributed by atoms with van der Waals surface area (Å²) in [6.07, 6.45) is 89.7. The Balaban J connectivity index is 0.000000620. The Labute approximate surface area is 577 Å². The molecule has 0 unspecified atom stereocenters. The molecule has 1 heterocycles. The molecule has 1 aliphatic rings. The van der Waals surface area contributed by atoms with Gasteiger partial charge < -0.3 is 5.53 Å². The standard InChI is InChI=1S/C44H68N2.2C22H45.Ni/c1-6-11-16-17-18-23-28-40-35-43(41-31-36(24-19-12-7-2)29-37(32-41)25-20-13-8-3)46(45)44(40)42-33-38(26-21-14-9-4)30-39(34-42)27-22-15-10-5;2*1-3-5-7-9-11-13-15-17-19-21-22-20-18-16-14-12-10-8-6-4-2;/h29-35H,6-28H2,1-5H3;2*1,3-22H2,2H3;. The zero-order valence-corrected chi connectivity index (χ0v) is 63.7. The summed E-state index contributed by atoms with van der Waals surface area (Å²) in [5, 5.41) is 2.87. The first-order chi connectivity index (χ1) is 45.0. The Hall–Kier alpha value is -1.99. The van der Waals surface area contributed by atoms with Crippen molar-refractivity contribution in [1.29, 1.82) is 0 Å². The number of allylic oxidation sites excluding steroid dienone is 2. The van der Waals surface area contributed by atoms with Crippen LogP contribution >= 0.6 is 0 Å². The second-order valence-corrected chi connectivity index (χ2v) is 30.5. The summed E-state index contributed by atoms with van der Waals surface area (Å²) in [7, 11) is 0. The molecule has 0 bridgehead atoms. The van der Waals surface area contributed by atoms with Gasteiger partial charge in [-0.15, -0.1) is 0 Å². The Bertz CT molecular complexity index is 1870. The maximum absolute atomic E-state index is 12.1. The molecule has 0 aliphatic carbocycles. The molecule has 2 aromatic rings. The van der Waals surface area contributed by atoms with Crippen molar-refractivity contribution in [3.63, 3.8) is 0 Å². The van der Waals surface area contributed by atoms with Gasteiger partial charge in [0, 0.05) is 22.8 Å². The molecule has 0 fully saturated rings. The summed E-state index contributed by atoms with van der Waals surface area (Å²) in [4.78, 5) is 0. The first-order valence-corrected chi connectivity index (χ1v) is 43.0. The third-order valence-corrected chi connectivity index (χ3v) is 21.4. The SMILES string of the molecule is CCCCCCCCC1=C(c2cc(CCCCC)cc(CCCCC)c2)[N+](=[N-])C(c2cc(CCCCC)cc(CCCCC)c2)=C1.CCCCCCCCCCCCCCCCCCCCC[CH2][Ni][CH2]CCCCCCCCCCCCCCCCCCCCC. The van der Waals surface area contributed by atoms with Crippen LogP contribution in [-0.4, -0.2) is 4.70 Å². The number of hydrogen-bond acceptors (Lipinski definition) is 0. The van der Waals surface area contributed by atoms with Gasteiger partial charge in [0.05, 0.1) is 0 Å². The fourth-order valence-electron chi connectivity index (χ4n) is 14.0. The van der Waals surface area contributed by atoms with Gasteiger partial charge in [-0.25, -0.2) is 4.70 Å².